The molecule has 1 spiro atoms. The minimum Gasteiger partial charge on any atom is -0.348 e. The highest BCUT2D eigenvalue weighted by atomic mass is 15.3. The number of benzene rings is 1. The van der Waals surface area contributed by atoms with E-state index in [9.17, 15) is 0 Å². The number of guanidine groups is 1. The highest BCUT2D eigenvalue weighted by Gasteiger charge is 2.39. The van der Waals surface area contributed by atoms with Crippen LogP contribution in [0, 0.1) is 11.5 Å². The molecule has 1 unspecified atom stereocenters. The largest absolute Gasteiger partial charge is 0.348 e. The van der Waals surface area contributed by atoms with Crippen molar-refractivity contribution in [2.24, 2.45) is 4.99 Å². The molecule has 23 heavy (non-hydrogen) atoms. The van der Waals surface area contributed by atoms with E-state index >= 15 is 0 Å². The molecule has 4 rings (SSSR count). The predicted octanol–water partition coefficient (Wildman–Crippen LogP) is 2.01. The summed E-state index contributed by atoms with van der Waals surface area (Å²) in [6.07, 6.45) is 8.60. The highest BCUT2D eigenvalue weighted by molar-refractivity contribution is 5.84. The molecule has 1 aromatic heterocycles. The summed E-state index contributed by atoms with van der Waals surface area (Å²) in [5.41, 5.74) is 5.16. The van der Waals surface area contributed by atoms with Crippen molar-refractivity contribution < 1.29 is 0 Å². The normalized spacial score (nSPS) is 22.0. The van der Waals surface area contributed by atoms with Crippen LogP contribution in [-0.4, -0.2) is 23.0 Å². The van der Waals surface area contributed by atoms with Gasteiger partial charge in [-0.2, -0.15) is 5.26 Å². The van der Waals surface area contributed by atoms with Gasteiger partial charge in [-0.05, 0) is 42.0 Å². The molecule has 0 bridgehead atoms. The molecule has 1 aromatic carbocycles. The summed E-state index contributed by atoms with van der Waals surface area (Å²) < 4.78 is 0. The van der Waals surface area contributed by atoms with Crippen LogP contribution in [0.3, 0.4) is 0 Å². The topological polar surface area (TPSA) is 73.1 Å². The van der Waals surface area contributed by atoms with E-state index in [1.165, 1.54) is 22.3 Å². The second kappa shape index (κ2) is 5.40. The van der Waals surface area contributed by atoms with E-state index < -0.39 is 0 Å². The molecule has 2 heterocycles. The standard InChI is InChI=1S/C18H17N5/c19-12-22-17-21-11-18(23-17)7-6-16-13(9-18)3-1-5-15(16)14-4-2-8-20-10-14/h1-5,8,10H,6-7,9,11H2,(H2,21,22,23). The number of aliphatic imine (C=N–C) groups is 1. The van der Waals surface area contributed by atoms with Gasteiger partial charge >= 0.3 is 0 Å². The summed E-state index contributed by atoms with van der Waals surface area (Å²) in [6.45, 7) is 0.716. The fraction of sp³-hybridized carbons (Fsp3) is 0.278. The van der Waals surface area contributed by atoms with Crippen LogP contribution in [0.25, 0.3) is 11.1 Å². The van der Waals surface area contributed by atoms with Gasteiger partial charge in [-0.3, -0.25) is 10.3 Å². The Morgan fingerprint density at radius 3 is 3.04 bits per heavy atom. The zero-order valence-electron chi connectivity index (χ0n) is 12.7. The van der Waals surface area contributed by atoms with Gasteiger partial charge in [0.2, 0.25) is 5.96 Å². The number of pyridine rings is 1. The average Bonchev–Trinajstić information content (AvgIpc) is 2.97. The van der Waals surface area contributed by atoms with E-state index in [-0.39, 0.29) is 5.54 Å². The molecule has 0 saturated heterocycles. The molecule has 2 N–H and O–H groups in total. The summed E-state index contributed by atoms with van der Waals surface area (Å²) in [5, 5.41) is 14.8. The summed E-state index contributed by atoms with van der Waals surface area (Å²) in [7, 11) is 0. The third-order valence-electron chi connectivity index (χ3n) is 4.73. The van der Waals surface area contributed by atoms with Gasteiger partial charge in [-0.15, -0.1) is 0 Å². The molecule has 1 aliphatic heterocycles. The number of aromatic nitrogens is 1. The Hall–Kier alpha value is -2.87. The fourth-order valence-corrected chi connectivity index (χ4v) is 3.63. The molecule has 0 saturated carbocycles. The van der Waals surface area contributed by atoms with Crippen LogP contribution in [0.5, 0.6) is 0 Å². The maximum absolute atomic E-state index is 8.75. The first-order chi connectivity index (χ1) is 11.3. The van der Waals surface area contributed by atoms with Crippen molar-refractivity contribution in [3.05, 3.63) is 53.9 Å². The minimum atomic E-state index is -0.0558. The van der Waals surface area contributed by atoms with E-state index in [1.807, 2.05) is 18.5 Å². The van der Waals surface area contributed by atoms with Crippen LogP contribution in [0.15, 0.2) is 47.7 Å². The second-order valence-electron chi connectivity index (χ2n) is 6.17. The van der Waals surface area contributed by atoms with Crippen LogP contribution in [0.4, 0.5) is 0 Å². The number of rotatable bonds is 1. The van der Waals surface area contributed by atoms with Gasteiger partial charge in [0.25, 0.3) is 0 Å². The maximum atomic E-state index is 8.75. The summed E-state index contributed by atoms with van der Waals surface area (Å²) >= 11 is 0. The molecule has 0 radical (unpaired) electrons. The van der Waals surface area contributed by atoms with Crippen LogP contribution in [0.1, 0.15) is 17.5 Å². The lowest BCUT2D eigenvalue weighted by atomic mass is 9.76. The number of nitrogens with one attached hydrogen (secondary N) is 2. The van der Waals surface area contributed by atoms with Crippen molar-refractivity contribution in [1.29, 1.82) is 5.26 Å². The Balaban J connectivity index is 1.64. The molecule has 2 aliphatic rings. The number of hydrogen-bond acceptors (Lipinski definition) is 5. The molecule has 5 heteroatoms. The summed E-state index contributed by atoms with van der Waals surface area (Å²) in [6, 6.07) is 10.6. The minimum absolute atomic E-state index is 0.0558. The lowest BCUT2D eigenvalue weighted by Crippen LogP contribution is -2.52. The van der Waals surface area contributed by atoms with Gasteiger partial charge in [-0.1, -0.05) is 24.3 Å². The second-order valence-corrected chi connectivity index (χ2v) is 6.17. The monoisotopic (exact) mass is 303 g/mol. The third kappa shape index (κ3) is 2.42. The first kappa shape index (κ1) is 13.8. The van der Waals surface area contributed by atoms with Crippen LogP contribution < -0.4 is 10.6 Å². The van der Waals surface area contributed by atoms with Crippen LogP contribution >= 0.6 is 0 Å². The third-order valence-corrected chi connectivity index (χ3v) is 4.73. The van der Waals surface area contributed by atoms with E-state index in [4.69, 9.17) is 5.26 Å². The molecule has 5 nitrogen and oxygen atoms in total. The Bertz CT molecular complexity index is 806. The Kier molecular flexibility index (Phi) is 3.23. The molecule has 0 amide bonds. The Morgan fingerprint density at radius 2 is 2.22 bits per heavy atom. The Morgan fingerprint density at radius 1 is 1.26 bits per heavy atom. The number of nitriles is 1. The first-order valence-corrected chi connectivity index (χ1v) is 7.79. The lowest BCUT2D eigenvalue weighted by molar-refractivity contribution is 0.361. The summed E-state index contributed by atoms with van der Waals surface area (Å²) in [5.74, 6) is 0.597. The van der Waals surface area contributed by atoms with Crippen molar-refractivity contribution in [2.75, 3.05) is 6.54 Å². The Labute approximate surface area is 135 Å². The van der Waals surface area contributed by atoms with Crippen molar-refractivity contribution in [2.45, 2.75) is 24.8 Å². The van der Waals surface area contributed by atoms with Gasteiger partial charge in [0.15, 0.2) is 6.19 Å². The van der Waals surface area contributed by atoms with E-state index in [2.05, 4.69) is 44.9 Å². The van der Waals surface area contributed by atoms with E-state index in [0.29, 0.717) is 12.5 Å². The van der Waals surface area contributed by atoms with Crippen molar-refractivity contribution >= 4 is 5.96 Å². The predicted molar refractivity (Wildman–Crippen MR) is 88.6 cm³/mol. The lowest BCUT2D eigenvalue weighted by Gasteiger charge is -2.35. The van der Waals surface area contributed by atoms with Crippen molar-refractivity contribution in [3.8, 4) is 17.3 Å². The zero-order valence-corrected chi connectivity index (χ0v) is 12.7. The van der Waals surface area contributed by atoms with Gasteiger partial charge in [0, 0.05) is 18.0 Å². The van der Waals surface area contributed by atoms with Crippen molar-refractivity contribution in [1.82, 2.24) is 15.6 Å². The van der Waals surface area contributed by atoms with Gasteiger partial charge in [0.1, 0.15) is 0 Å². The molecular formula is C18H17N5. The highest BCUT2D eigenvalue weighted by Crippen LogP contribution is 2.36. The van der Waals surface area contributed by atoms with Gasteiger partial charge in [0.05, 0.1) is 12.1 Å². The molecular weight excluding hydrogens is 286 g/mol. The molecule has 1 atom stereocenters. The zero-order chi connectivity index (χ0) is 15.7. The SMILES string of the molecule is N#CNC1=NCC2(CCc3c(cccc3-c3cccnc3)C2)N1. The fourth-order valence-electron chi connectivity index (χ4n) is 3.63. The summed E-state index contributed by atoms with van der Waals surface area (Å²) in [4.78, 5) is 8.66. The van der Waals surface area contributed by atoms with E-state index in [0.717, 1.165) is 19.3 Å². The quantitative estimate of drug-likeness (QED) is 0.624. The molecule has 0 fully saturated rings. The van der Waals surface area contributed by atoms with Gasteiger partial charge in [-0.25, -0.2) is 4.99 Å². The van der Waals surface area contributed by atoms with Gasteiger partial charge < -0.3 is 5.32 Å². The van der Waals surface area contributed by atoms with Crippen LogP contribution in [-0.2, 0) is 12.8 Å². The maximum Gasteiger partial charge on any atom is 0.205 e. The molecule has 1 aliphatic carbocycles. The number of fused-ring (bicyclic) bond motifs is 1. The van der Waals surface area contributed by atoms with E-state index in [1.54, 1.807) is 6.20 Å². The average molecular weight is 303 g/mol. The number of nitrogens with zero attached hydrogens (tertiary/aromatic N) is 3. The van der Waals surface area contributed by atoms with Crippen LogP contribution in [0.2, 0.25) is 0 Å². The van der Waals surface area contributed by atoms with Crippen molar-refractivity contribution in [3.63, 3.8) is 0 Å². The first-order valence-electron chi connectivity index (χ1n) is 7.79. The molecule has 2 aromatic rings. The smallest absolute Gasteiger partial charge is 0.205 e. The molecule has 114 valence electrons. The number of hydrogen-bond donors (Lipinski definition) is 2.